The standard InChI is InChI=1S/C25H20BrN3O7/c26-18-4-7-20(36-24(31)8-5-19-2-1-9-33-19)17(12-18)14-28-29-23(30)15-27-25(32)16-3-6-21-22(13-16)35-11-10-34-21/h1-9,12-14H,10-11,15H2,(H,27,32)(H,29,30)/b8-5-,28-14?. The molecule has 1 aliphatic rings. The third-order valence-corrected chi connectivity index (χ3v) is 5.21. The van der Waals surface area contributed by atoms with E-state index < -0.39 is 17.8 Å². The molecule has 184 valence electrons. The SMILES string of the molecule is O=C(CNC(=O)c1ccc2c(c1)OCCO2)NN=Cc1cc(Br)ccc1OC(=O)/C=C\c1ccco1. The van der Waals surface area contributed by atoms with E-state index in [4.69, 9.17) is 18.6 Å². The molecule has 4 rings (SSSR count). The molecule has 2 amide bonds. The van der Waals surface area contributed by atoms with Crippen molar-refractivity contribution in [2.24, 2.45) is 5.10 Å². The van der Waals surface area contributed by atoms with Gasteiger partial charge in [-0.1, -0.05) is 15.9 Å². The van der Waals surface area contributed by atoms with Crippen molar-refractivity contribution in [3.63, 3.8) is 0 Å². The molecule has 0 unspecified atom stereocenters. The highest BCUT2D eigenvalue weighted by Crippen LogP contribution is 2.30. The van der Waals surface area contributed by atoms with Crippen molar-refractivity contribution in [2.45, 2.75) is 0 Å². The number of hydrazone groups is 1. The molecule has 0 aliphatic carbocycles. The van der Waals surface area contributed by atoms with Gasteiger partial charge >= 0.3 is 5.97 Å². The van der Waals surface area contributed by atoms with Crippen LogP contribution in [-0.2, 0) is 9.59 Å². The summed E-state index contributed by atoms with van der Waals surface area (Å²) in [6, 6.07) is 13.1. The topological polar surface area (TPSA) is 128 Å². The number of nitrogens with zero attached hydrogens (tertiary/aromatic N) is 1. The second-order valence-corrected chi connectivity index (χ2v) is 8.20. The van der Waals surface area contributed by atoms with Crippen molar-refractivity contribution < 1.29 is 33.0 Å². The largest absolute Gasteiger partial charge is 0.486 e. The summed E-state index contributed by atoms with van der Waals surface area (Å²) in [5, 5.41) is 6.40. The lowest BCUT2D eigenvalue weighted by Crippen LogP contribution is -2.35. The molecule has 36 heavy (non-hydrogen) atoms. The molecule has 0 fully saturated rings. The molecule has 0 saturated heterocycles. The van der Waals surface area contributed by atoms with E-state index in [1.165, 1.54) is 24.6 Å². The number of hydrogen-bond donors (Lipinski definition) is 2. The lowest BCUT2D eigenvalue weighted by Gasteiger charge is -2.18. The number of rotatable bonds is 8. The van der Waals surface area contributed by atoms with E-state index in [0.29, 0.717) is 46.1 Å². The van der Waals surface area contributed by atoms with Crippen LogP contribution in [0.2, 0.25) is 0 Å². The lowest BCUT2D eigenvalue weighted by molar-refractivity contribution is -0.129. The molecule has 0 atom stereocenters. The first-order valence-electron chi connectivity index (χ1n) is 10.7. The highest BCUT2D eigenvalue weighted by molar-refractivity contribution is 9.10. The van der Waals surface area contributed by atoms with Gasteiger partial charge in [0.25, 0.3) is 11.8 Å². The van der Waals surface area contributed by atoms with E-state index in [9.17, 15) is 14.4 Å². The summed E-state index contributed by atoms with van der Waals surface area (Å²) in [4.78, 5) is 36.6. The molecule has 2 aromatic carbocycles. The van der Waals surface area contributed by atoms with Gasteiger partial charge in [-0.05, 0) is 54.6 Å². The number of nitrogens with one attached hydrogen (secondary N) is 2. The third-order valence-electron chi connectivity index (χ3n) is 4.72. The van der Waals surface area contributed by atoms with Gasteiger partial charge in [-0.15, -0.1) is 0 Å². The van der Waals surface area contributed by atoms with Gasteiger partial charge in [-0.3, -0.25) is 9.59 Å². The Balaban J connectivity index is 1.30. The zero-order valence-electron chi connectivity index (χ0n) is 18.7. The molecule has 11 heteroatoms. The monoisotopic (exact) mass is 553 g/mol. The predicted octanol–water partition coefficient (Wildman–Crippen LogP) is 3.31. The zero-order chi connectivity index (χ0) is 25.3. The maximum Gasteiger partial charge on any atom is 0.336 e. The Kier molecular flexibility index (Phi) is 8.14. The molecule has 2 heterocycles. The second-order valence-electron chi connectivity index (χ2n) is 7.29. The van der Waals surface area contributed by atoms with Crippen LogP contribution in [0.3, 0.4) is 0 Å². The van der Waals surface area contributed by atoms with Crippen molar-refractivity contribution in [3.8, 4) is 17.2 Å². The number of furan rings is 1. The molecule has 1 aromatic heterocycles. The molecule has 0 saturated carbocycles. The van der Waals surface area contributed by atoms with Gasteiger partial charge in [0.1, 0.15) is 24.7 Å². The number of halogens is 1. The summed E-state index contributed by atoms with van der Waals surface area (Å²) >= 11 is 3.35. The van der Waals surface area contributed by atoms with Crippen LogP contribution in [0.4, 0.5) is 0 Å². The fourth-order valence-electron chi connectivity index (χ4n) is 3.05. The van der Waals surface area contributed by atoms with Crippen molar-refractivity contribution in [1.29, 1.82) is 0 Å². The number of esters is 1. The van der Waals surface area contributed by atoms with Gasteiger partial charge in [0.2, 0.25) is 0 Å². The first-order chi connectivity index (χ1) is 17.5. The van der Waals surface area contributed by atoms with E-state index >= 15 is 0 Å². The maximum atomic E-state index is 12.4. The van der Waals surface area contributed by atoms with Gasteiger partial charge in [0, 0.05) is 21.7 Å². The Morgan fingerprint density at radius 2 is 1.89 bits per heavy atom. The van der Waals surface area contributed by atoms with Crippen LogP contribution in [0.5, 0.6) is 17.2 Å². The van der Waals surface area contributed by atoms with E-state index in [1.807, 2.05) is 0 Å². The molecular weight excluding hydrogens is 534 g/mol. The fraction of sp³-hybridized carbons (Fsp3) is 0.120. The predicted molar refractivity (Wildman–Crippen MR) is 133 cm³/mol. The van der Waals surface area contributed by atoms with Crippen LogP contribution < -0.4 is 25.0 Å². The molecule has 10 nitrogen and oxygen atoms in total. The van der Waals surface area contributed by atoms with E-state index in [-0.39, 0.29) is 12.3 Å². The maximum absolute atomic E-state index is 12.4. The van der Waals surface area contributed by atoms with Crippen LogP contribution in [0, 0.1) is 0 Å². The molecule has 3 aromatic rings. The molecule has 0 radical (unpaired) electrons. The Bertz CT molecular complexity index is 1320. The third kappa shape index (κ3) is 6.83. The summed E-state index contributed by atoms with van der Waals surface area (Å²) in [6.07, 6.45) is 5.53. The van der Waals surface area contributed by atoms with Crippen LogP contribution in [-0.4, -0.2) is 43.8 Å². The van der Waals surface area contributed by atoms with Gasteiger partial charge in [-0.2, -0.15) is 5.10 Å². The number of hydrogen-bond acceptors (Lipinski definition) is 8. The summed E-state index contributed by atoms with van der Waals surface area (Å²) in [5.74, 6) is 0.169. The van der Waals surface area contributed by atoms with Gasteiger partial charge in [-0.25, -0.2) is 10.2 Å². The van der Waals surface area contributed by atoms with Crippen LogP contribution >= 0.6 is 15.9 Å². The number of carbonyl (C=O) groups is 3. The van der Waals surface area contributed by atoms with Gasteiger partial charge in [0.05, 0.1) is 19.0 Å². The van der Waals surface area contributed by atoms with E-state index in [2.05, 4.69) is 31.8 Å². The molecule has 2 N–H and O–H groups in total. The summed E-state index contributed by atoms with van der Waals surface area (Å²) in [7, 11) is 0. The first kappa shape index (κ1) is 24.7. The number of benzene rings is 2. The minimum absolute atomic E-state index is 0.234. The highest BCUT2D eigenvalue weighted by Gasteiger charge is 2.15. The number of carbonyl (C=O) groups excluding carboxylic acids is 3. The molecular formula is C25H20BrN3O7. The van der Waals surface area contributed by atoms with Crippen LogP contribution in [0.15, 0.2) is 74.9 Å². The highest BCUT2D eigenvalue weighted by atomic mass is 79.9. The quantitative estimate of drug-likeness (QED) is 0.144. The Hall–Kier alpha value is -4.38. The van der Waals surface area contributed by atoms with Crippen molar-refractivity contribution in [1.82, 2.24) is 10.7 Å². The van der Waals surface area contributed by atoms with Crippen LogP contribution in [0.1, 0.15) is 21.7 Å². The second kappa shape index (κ2) is 11.8. The molecule has 0 spiro atoms. The smallest absolute Gasteiger partial charge is 0.336 e. The minimum atomic E-state index is -0.616. The summed E-state index contributed by atoms with van der Waals surface area (Å²) in [6.45, 7) is 0.549. The zero-order valence-corrected chi connectivity index (χ0v) is 20.3. The first-order valence-corrected chi connectivity index (χ1v) is 11.5. The Labute approximate surface area is 214 Å². The van der Waals surface area contributed by atoms with E-state index in [1.54, 1.807) is 48.5 Å². The van der Waals surface area contributed by atoms with Crippen molar-refractivity contribution >= 4 is 46.0 Å². The summed E-state index contributed by atoms with van der Waals surface area (Å²) in [5.41, 5.74) is 3.09. The normalized spacial score (nSPS) is 12.5. The lowest BCUT2D eigenvalue weighted by atomic mass is 10.2. The number of amides is 2. The van der Waals surface area contributed by atoms with E-state index in [0.717, 1.165) is 0 Å². The fourth-order valence-corrected chi connectivity index (χ4v) is 3.43. The Morgan fingerprint density at radius 1 is 1.06 bits per heavy atom. The molecule has 0 bridgehead atoms. The molecule has 1 aliphatic heterocycles. The van der Waals surface area contributed by atoms with Gasteiger partial charge < -0.3 is 23.9 Å². The summed E-state index contributed by atoms with van der Waals surface area (Å²) < 4.78 is 22.1. The van der Waals surface area contributed by atoms with Crippen molar-refractivity contribution in [2.75, 3.05) is 19.8 Å². The Morgan fingerprint density at radius 3 is 2.69 bits per heavy atom. The average molecular weight is 554 g/mol. The number of ether oxygens (including phenoxy) is 3. The van der Waals surface area contributed by atoms with Crippen molar-refractivity contribution in [3.05, 3.63) is 82.2 Å². The number of fused-ring (bicyclic) bond motifs is 1. The van der Waals surface area contributed by atoms with Gasteiger partial charge in [0.15, 0.2) is 11.5 Å². The average Bonchev–Trinajstić information content (AvgIpc) is 3.41. The van der Waals surface area contributed by atoms with Crippen LogP contribution in [0.25, 0.3) is 6.08 Å². The minimum Gasteiger partial charge on any atom is -0.486 e.